The fraction of sp³-hybridized carbons (Fsp3) is 0.385. The molecule has 1 atom stereocenters. The minimum atomic E-state index is -1.04. The van der Waals surface area contributed by atoms with E-state index in [0.29, 0.717) is 13.1 Å². The van der Waals surface area contributed by atoms with Crippen molar-refractivity contribution >= 4 is 17.7 Å². The fourth-order valence-corrected chi connectivity index (χ4v) is 1.97. The van der Waals surface area contributed by atoms with E-state index in [0.717, 1.165) is 12.1 Å². The largest absolute Gasteiger partial charge is 0.481 e. The molecule has 1 fully saturated rings. The van der Waals surface area contributed by atoms with Crippen LogP contribution in [0, 0.1) is 23.5 Å². The van der Waals surface area contributed by atoms with Gasteiger partial charge in [0.25, 0.3) is 0 Å². The number of carbonyl (C=O) groups excluding carboxylic acids is 1. The molecule has 1 aromatic rings. The van der Waals surface area contributed by atoms with E-state index < -0.39 is 29.6 Å². The number of halogens is 2. The quantitative estimate of drug-likeness (QED) is 0.893. The van der Waals surface area contributed by atoms with E-state index in [1.54, 1.807) is 6.92 Å². The number of hydrogen-bond acceptors (Lipinski definition) is 2. The monoisotopic (exact) mass is 284 g/mol. The Labute approximate surface area is 114 Å². The van der Waals surface area contributed by atoms with Gasteiger partial charge in [-0.2, -0.15) is 0 Å². The summed E-state index contributed by atoms with van der Waals surface area (Å²) in [4.78, 5) is 24.0. The third kappa shape index (κ3) is 2.87. The minimum absolute atomic E-state index is 0.0804. The van der Waals surface area contributed by atoms with Crippen LogP contribution in [0.4, 0.5) is 19.3 Å². The topological polar surface area (TPSA) is 69.6 Å². The normalized spacial score (nSPS) is 16.4. The highest BCUT2D eigenvalue weighted by atomic mass is 19.2. The molecule has 0 saturated carbocycles. The molecular formula is C13H14F2N2O3. The Balaban J connectivity index is 1.88. The zero-order valence-electron chi connectivity index (χ0n) is 10.8. The van der Waals surface area contributed by atoms with Gasteiger partial charge in [0.1, 0.15) is 0 Å². The summed E-state index contributed by atoms with van der Waals surface area (Å²) in [5.74, 6) is -3.51. The van der Waals surface area contributed by atoms with E-state index in [-0.39, 0.29) is 11.6 Å². The molecule has 7 heteroatoms. The zero-order chi connectivity index (χ0) is 14.9. The number of nitrogens with zero attached hydrogens (tertiary/aromatic N) is 1. The first-order valence-electron chi connectivity index (χ1n) is 6.12. The van der Waals surface area contributed by atoms with Gasteiger partial charge in [-0.05, 0) is 12.1 Å². The molecule has 2 N–H and O–H groups in total. The lowest BCUT2D eigenvalue weighted by Gasteiger charge is -2.41. The van der Waals surface area contributed by atoms with Crippen molar-refractivity contribution in [1.82, 2.24) is 4.90 Å². The number of carbonyl (C=O) groups is 2. The summed E-state index contributed by atoms with van der Waals surface area (Å²) in [5.41, 5.74) is 0.156. The van der Waals surface area contributed by atoms with Crippen LogP contribution in [-0.2, 0) is 4.79 Å². The van der Waals surface area contributed by atoms with Gasteiger partial charge in [-0.3, -0.25) is 4.79 Å². The molecule has 108 valence electrons. The Hall–Kier alpha value is -2.18. The van der Waals surface area contributed by atoms with Crippen LogP contribution in [-0.4, -0.2) is 35.1 Å². The second-order valence-corrected chi connectivity index (χ2v) is 4.85. The standard InChI is InChI=1S/C13H14F2N2O3/c1-7(12(18)19)8-5-17(6-8)13(20)16-9-2-3-10(14)11(15)4-9/h2-4,7-8H,5-6H2,1H3,(H,16,20)(H,18,19). The molecule has 2 rings (SSSR count). The van der Waals surface area contributed by atoms with Crippen LogP contribution in [0.15, 0.2) is 18.2 Å². The maximum atomic E-state index is 13.0. The van der Waals surface area contributed by atoms with Crippen LogP contribution in [0.25, 0.3) is 0 Å². The lowest BCUT2D eigenvalue weighted by Crippen LogP contribution is -2.54. The Bertz CT molecular complexity index is 544. The molecule has 1 aliphatic rings. The third-order valence-electron chi connectivity index (χ3n) is 3.46. The summed E-state index contributed by atoms with van der Waals surface area (Å²) in [6, 6.07) is 2.62. The van der Waals surface area contributed by atoms with Crippen molar-refractivity contribution in [1.29, 1.82) is 0 Å². The van der Waals surface area contributed by atoms with Crippen LogP contribution in [0.5, 0.6) is 0 Å². The summed E-state index contributed by atoms with van der Waals surface area (Å²) in [6.07, 6.45) is 0. The van der Waals surface area contributed by atoms with Crippen molar-refractivity contribution in [2.24, 2.45) is 11.8 Å². The van der Waals surface area contributed by atoms with Crippen LogP contribution in [0.1, 0.15) is 6.92 Å². The molecule has 20 heavy (non-hydrogen) atoms. The molecule has 1 unspecified atom stereocenters. The molecule has 0 aromatic heterocycles. The van der Waals surface area contributed by atoms with Crippen LogP contribution in [0.2, 0.25) is 0 Å². The van der Waals surface area contributed by atoms with Gasteiger partial charge in [-0.15, -0.1) is 0 Å². The number of aliphatic carboxylic acids is 1. The predicted molar refractivity (Wildman–Crippen MR) is 67.2 cm³/mol. The molecular weight excluding hydrogens is 270 g/mol. The number of benzene rings is 1. The van der Waals surface area contributed by atoms with Crippen molar-refractivity contribution in [3.63, 3.8) is 0 Å². The Morgan fingerprint density at radius 2 is 2.00 bits per heavy atom. The lowest BCUT2D eigenvalue weighted by atomic mass is 9.87. The van der Waals surface area contributed by atoms with Crippen LogP contribution < -0.4 is 5.32 Å². The molecule has 0 bridgehead atoms. The van der Waals surface area contributed by atoms with Crippen molar-refractivity contribution in [2.75, 3.05) is 18.4 Å². The Kier molecular flexibility index (Phi) is 3.87. The first-order chi connectivity index (χ1) is 9.38. The van der Waals surface area contributed by atoms with E-state index >= 15 is 0 Å². The van der Waals surface area contributed by atoms with Gasteiger partial charge < -0.3 is 15.3 Å². The lowest BCUT2D eigenvalue weighted by molar-refractivity contribution is -0.144. The van der Waals surface area contributed by atoms with E-state index in [9.17, 15) is 18.4 Å². The van der Waals surface area contributed by atoms with Gasteiger partial charge in [0.2, 0.25) is 0 Å². The number of rotatable bonds is 3. The molecule has 1 heterocycles. The summed E-state index contributed by atoms with van der Waals surface area (Å²) < 4.78 is 25.7. The summed E-state index contributed by atoms with van der Waals surface area (Å²) in [7, 11) is 0. The average Bonchev–Trinajstić information content (AvgIpc) is 2.31. The van der Waals surface area contributed by atoms with Gasteiger partial charge in [-0.25, -0.2) is 13.6 Å². The molecule has 0 spiro atoms. The number of carboxylic acid groups (broad SMARTS) is 1. The van der Waals surface area contributed by atoms with E-state index in [2.05, 4.69) is 5.32 Å². The molecule has 1 aliphatic heterocycles. The van der Waals surface area contributed by atoms with E-state index in [4.69, 9.17) is 5.11 Å². The third-order valence-corrected chi connectivity index (χ3v) is 3.46. The number of nitrogens with one attached hydrogen (secondary N) is 1. The van der Waals surface area contributed by atoms with Crippen molar-refractivity contribution in [3.8, 4) is 0 Å². The second kappa shape index (κ2) is 5.44. The van der Waals surface area contributed by atoms with Crippen molar-refractivity contribution < 1.29 is 23.5 Å². The van der Waals surface area contributed by atoms with Gasteiger partial charge in [0.15, 0.2) is 11.6 Å². The first kappa shape index (κ1) is 14.2. The summed E-state index contributed by atoms with van der Waals surface area (Å²) in [5, 5.41) is 11.3. The predicted octanol–water partition coefficient (Wildman–Crippen LogP) is 2.15. The van der Waals surface area contributed by atoms with Gasteiger partial charge in [0, 0.05) is 30.8 Å². The van der Waals surface area contributed by atoms with E-state index in [1.165, 1.54) is 11.0 Å². The highest BCUT2D eigenvalue weighted by Gasteiger charge is 2.37. The summed E-state index contributed by atoms with van der Waals surface area (Å²) >= 11 is 0. The average molecular weight is 284 g/mol. The molecule has 0 radical (unpaired) electrons. The first-order valence-corrected chi connectivity index (χ1v) is 6.12. The van der Waals surface area contributed by atoms with Gasteiger partial charge in [0.05, 0.1) is 5.92 Å². The molecule has 5 nitrogen and oxygen atoms in total. The Morgan fingerprint density at radius 3 is 2.55 bits per heavy atom. The Morgan fingerprint density at radius 1 is 1.35 bits per heavy atom. The maximum Gasteiger partial charge on any atom is 0.321 e. The van der Waals surface area contributed by atoms with Crippen LogP contribution >= 0.6 is 0 Å². The van der Waals surface area contributed by atoms with Crippen LogP contribution in [0.3, 0.4) is 0 Å². The minimum Gasteiger partial charge on any atom is -0.481 e. The highest BCUT2D eigenvalue weighted by Crippen LogP contribution is 2.25. The number of anilines is 1. The number of carboxylic acids is 1. The van der Waals surface area contributed by atoms with Gasteiger partial charge in [-0.1, -0.05) is 6.92 Å². The van der Waals surface area contributed by atoms with Crippen molar-refractivity contribution in [2.45, 2.75) is 6.92 Å². The SMILES string of the molecule is CC(C(=O)O)C1CN(C(=O)Nc2ccc(F)c(F)c2)C1. The fourth-order valence-electron chi connectivity index (χ4n) is 1.97. The number of hydrogen-bond donors (Lipinski definition) is 2. The number of likely N-dealkylation sites (tertiary alicyclic amines) is 1. The smallest absolute Gasteiger partial charge is 0.321 e. The van der Waals surface area contributed by atoms with E-state index in [1.807, 2.05) is 0 Å². The molecule has 1 saturated heterocycles. The summed E-state index contributed by atoms with van der Waals surface area (Å²) in [6.45, 7) is 2.27. The van der Waals surface area contributed by atoms with Crippen molar-refractivity contribution in [3.05, 3.63) is 29.8 Å². The zero-order valence-corrected chi connectivity index (χ0v) is 10.8. The van der Waals surface area contributed by atoms with Gasteiger partial charge >= 0.3 is 12.0 Å². The highest BCUT2D eigenvalue weighted by molar-refractivity contribution is 5.90. The molecule has 1 aromatic carbocycles. The molecule has 2 amide bonds. The second-order valence-electron chi connectivity index (χ2n) is 4.85. The number of urea groups is 1. The molecule has 0 aliphatic carbocycles. The maximum absolute atomic E-state index is 13.0. The number of amides is 2.